The lowest BCUT2D eigenvalue weighted by Crippen LogP contribution is -1.97. The number of carboxylic acid groups (broad SMARTS) is 1. The van der Waals surface area contributed by atoms with Crippen molar-refractivity contribution in [2.24, 2.45) is 0 Å². The smallest absolute Gasteiger partial charge is 0.370 e. The fourth-order valence-corrected chi connectivity index (χ4v) is 2.25. The lowest BCUT2D eigenvalue weighted by Gasteiger charge is -2.01. The molecule has 2 N–H and O–H groups in total. The van der Waals surface area contributed by atoms with Gasteiger partial charge in [-0.3, -0.25) is 0 Å². The number of rotatable bonds is 14. The van der Waals surface area contributed by atoms with E-state index in [0.29, 0.717) is 0 Å². The van der Waals surface area contributed by atoms with Crippen LogP contribution in [0.25, 0.3) is 0 Å². The van der Waals surface area contributed by atoms with E-state index in [1.807, 2.05) is 6.08 Å². The predicted octanol–water partition coefficient (Wildman–Crippen LogP) is 5.77. The number of aliphatic hydroxyl groups excluding tert-OH is 1. The fourth-order valence-electron chi connectivity index (χ4n) is 2.25. The predicted molar refractivity (Wildman–Crippen MR) is 88.6 cm³/mol. The van der Waals surface area contributed by atoms with Crippen molar-refractivity contribution in [1.29, 1.82) is 0 Å². The van der Waals surface area contributed by atoms with Crippen molar-refractivity contribution in [3.05, 3.63) is 24.0 Å². The van der Waals surface area contributed by atoms with Gasteiger partial charge in [0.05, 0.1) is 0 Å². The van der Waals surface area contributed by atoms with Crippen molar-refractivity contribution in [1.82, 2.24) is 0 Å². The monoisotopic (exact) mass is 296 g/mol. The van der Waals surface area contributed by atoms with Gasteiger partial charge < -0.3 is 10.2 Å². The third-order valence-corrected chi connectivity index (χ3v) is 3.58. The quantitative estimate of drug-likeness (QED) is 0.185. The lowest BCUT2D eigenvalue weighted by molar-refractivity contribution is -0.135. The van der Waals surface area contributed by atoms with Crippen molar-refractivity contribution in [3.8, 4) is 0 Å². The van der Waals surface area contributed by atoms with Gasteiger partial charge in [0.2, 0.25) is 5.76 Å². The van der Waals surface area contributed by atoms with Crippen molar-refractivity contribution >= 4 is 5.97 Å². The highest BCUT2D eigenvalue weighted by Crippen LogP contribution is 2.12. The highest BCUT2D eigenvalue weighted by Gasteiger charge is 1.99. The number of allylic oxidation sites excluding steroid dienone is 3. The van der Waals surface area contributed by atoms with Gasteiger partial charge in [-0.25, -0.2) is 4.79 Å². The number of unbranched alkanes of at least 4 members (excludes halogenated alkanes) is 11. The third-order valence-electron chi connectivity index (χ3n) is 3.58. The molecular formula is C18H32O3. The summed E-state index contributed by atoms with van der Waals surface area (Å²) in [5.41, 5.74) is 0. The second-order valence-electron chi connectivity index (χ2n) is 5.61. The molecule has 3 nitrogen and oxygen atoms in total. The number of hydrogen-bond acceptors (Lipinski definition) is 2. The molecule has 0 fully saturated rings. The second-order valence-corrected chi connectivity index (χ2v) is 5.61. The topological polar surface area (TPSA) is 57.5 Å². The van der Waals surface area contributed by atoms with Crippen LogP contribution in [0.3, 0.4) is 0 Å². The van der Waals surface area contributed by atoms with Crippen LogP contribution in [0.1, 0.15) is 84.0 Å². The maximum Gasteiger partial charge on any atom is 0.370 e. The van der Waals surface area contributed by atoms with Gasteiger partial charge in [0.25, 0.3) is 0 Å². The zero-order valence-corrected chi connectivity index (χ0v) is 13.5. The Balaban J connectivity index is 3.24. The SMILES string of the molecule is CCCCCCCCCCCCC/C=C/C=C(/O)C(=O)O. The molecule has 0 spiro atoms. The van der Waals surface area contributed by atoms with Crippen LogP contribution in [0.15, 0.2) is 24.0 Å². The van der Waals surface area contributed by atoms with Gasteiger partial charge in [0, 0.05) is 0 Å². The van der Waals surface area contributed by atoms with Crippen LogP contribution in [-0.4, -0.2) is 16.2 Å². The molecule has 0 aromatic carbocycles. The summed E-state index contributed by atoms with van der Waals surface area (Å²) in [7, 11) is 0. The Morgan fingerprint density at radius 1 is 0.810 bits per heavy atom. The first-order valence-electron chi connectivity index (χ1n) is 8.47. The molecule has 0 aromatic rings. The molecule has 0 bridgehead atoms. The largest absolute Gasteiger partial charge is 0.502 e. The Kier molecular flexibility index (Phi) is 14.2. The number of hydrogen-bond donors (Lipinski definition) is 2. The minimum Gasteiger partial charge on any atom is -0.502 e. The van der Waals surface area contributed by atoms with Crippen LogP contribution in [0, 0.1) is 0 Å². The molecule has 0 aromatic heterocycles. The van der Waals surface area contributed by atoms with Crippen molar-refractivity contribution < 1.29 is 15.0 Å². The minimum absolute atomic E-state index is 0.606. The van der Waals surface area contributed by atoms with Gasteiger partial charge in [-0.1, -0.05) is 83.3 Å². The Morgan fingerprint density at radius 3 is 1.76 bits per heavy atom. The average molecular weight is 296 g/mol. The molecule has 0 aliphatic rings. The maximum atomic E-state index is 10.3. The Labute approximate surface area is 129 Å². The highest BCUT2D eigenvalue weighted by atomic mass is 16.4. The summed E-state index contributed by atoms with van der Waals surface area (Å²) in [5, 5.41) is 17.4. The number of aliphatic carboxylic acids is 1. The van der Waals surface area contributed by atoms with E-state index in [2.05, 4.69) is 6.92 Å². The zero-order valence-electron chi connectivity index (χ0n) is 13.5. The average Bonchev–Trinajstić information content (AvgIpc) is 2.47. The number of carbonyl (C=O) groups is 1. The molecule has 0 rings (SSSR count). The van der Waals surface area contributed by atoms with Gasteiger partial charge in [0.1, 0.15) is 0 Å². The van der Waals surface area contributed by atoms with E-state index in [1.54, 1.807) is 6.08 Å². The van der Waals surface area contributed by atoms with E-state index < -0.39 is 11.7 Å². The molecule has 0 saturated carbocycles. The van der Waals surface area contributed by atoms with Crippen molar-refractivity contribution in [3.63, 3.8) is 0 Å². The zero-order chi connectivity index (χ0) is 15.8. The van der Waals surface area contributed by atoms with Gasteiger partial charge in [-0.2, -0.15) is 0 Å². The van der Waals surface area contributed by atoms with Crippen LogP contribution in [0.2, 0.25) is 0 Å². The number of aliphatic hydroxyl groups is 1. The summed E-state index contributed by atoms with van der Waals surface area (Å²) in [6.07, 6.45) is 20.3. The maximum absolute atomic E-state index is 10.3. The molecule has 0 atom stereocenters. The molecular weight excluding hydrogens is 264 g/mol. The summed E-state index contributed by atoms with van der Waals surface area (Å²) < 4.78 is 0. The summed E-state index contributed by atoms with van der Waals surface area (Å²) in [6.45, 7) is 2.25. The normalized spacial score (nSPS) is 12.1. The fraction of sp³-hybridized carbons (Fsp3) is 0.722. The van der Waals surface area contributed by atoms with Crippen LogP contribution in [0.4, 0.5) is 0 Å². The lowest BCUT2D eigenvalue weighted by atomic mass is 10.1. The number of carboxylic acids is 1. The standard InChI is InChI=1S/C18H32O3/c1-2-3-4-5-6-7-8-9-10-11-12-13-14-15-16-17(19)18(20)21/h14-16,19H,2-13H2,1H3,(H,20,21)/b15-14+,17-16+. The van der Waals surface area contributed by atoms with Gasteiger partial charge in [-0.05, 0) is 18.9 Å². The van der Waals surface area contributed by atoms with Crippen LogP contribution in [0.5, 0.6) is 0 Å². The van der Waals surface area contributed by atoms with Crippen molar-refractivity contribution in [2.45, 2.75) is 84.0 Å². The summed E-state index contributed by atoms with van der Waals surface area (Å²) in [6, 6.07) is 0. The van der Waals surface area contributed by atoms with Crippen LogP contribution < -0.4 is 0 Å². The van der Waals surface area contributed by atoms with E-state index in [0.717, 1.165) is 12.8 Å². The van der Waals surface area contributed by atoms with E-state index in [9.17, 15) is 4.79 Å². The molecule has 0 unspecified atom stereocenters. The van der Waals surface area contributed by atoms with E-state index in [4.69, 9.17) is 10.2 Å². The Hall–Kier alpha value is -1.25. The molecule has 21 heavy (non-hydrogen) atoms. The molecule has 0 aliphatic carbocycles. The first-order valence-corrected chi connectivity index (χ1v) is 8.47. The first-order chi connectivity index (χ1) is 10.2. The molecule has 0 aliphatic heterocycles. The summed E-state index contributed by atoms with van der Waals surface area (Å²) >= 11 is 0. The van der Waals surface area contributed by atoms with Gasteiger partial charge in [-0.15, -0.1) is 0 Å². The minimum atomic E-state index is -1.28. The molecule has 3 heteroatoms. The molecule has 0 heterocycles. The van der Waals surface area contributed by atoms with Gasteiger partial charge >= 0.3 is 5.97 Å². The Morgan fingerprint density at radius 2 is 1.29 bits per heavy atom. The summed E-state index contributed by atoms with van der Waals surface area (Å²) in [4.78, 5) is 10.3. The highest BCUT2D eigenvalue weighted by molar-refractivity contribution is 5.83. The third kappa shape index (κ3) is 15.0. The molecule has 0 saturated heterocycles. The van der Waals surface area contributed by atoms with Crippen LogP contribution in [-0.2, 0) is 4.79 Å². The molecule has 0 radical (unpaired) electrons. The van der Waals surface area contributed by atoms with Gasteiger partial charge in [0.15, 0.2) is 0 Å². The molecule has 122 valence electrons. The second kappa shape index (κ2) is 15.1. The van der Waals surface area contributed by atoms with E-state index >= 15 is 0 Å². The van der Waals surface area contributed by atoms with E-state index in [1.165, 1.54) is 70.3 Å². The molecule has 0 amide bonds. The van der Waals surface area contributed by atoms with Crippen LogP contribution >= 0.6 is 0 Å². The van der Waals surface area contributed by atoms with Crippen molar-refractivity contribution in [2.75, 3.05) is 0 Å². The first kappa shape index (κ1) is 19.8. The summed E-state index contributed by atoms with van der Waals surface area (Å²) in [5.74, 6) is -1.89. The van der Waals surface area contributed by atoms with E-state index in [-0.39, 0.29) is 0 Å². The Bertz CT molecular complexity index is 306.